The molecule has 1 fully saturated rings. The van der Waals surface area contributed by atoms with E-state index < -0.39 is 0 Å². The number of likely N-dealkylation sites (N-methyl/N-ethyl adjacent to an activating group) is 1. The monoisotopic (exact) mass is 277 g/mol. The molecule has 0 aliphatic carbocycles. The summed E-state index contributed by atoms with van der Waals surface area (Å²) in [5, 5.41) is 2.89. The first kappa shape index (κ1) is 14.7. The molecule has 1 aliphatic heterocycles. The van der Waals surface area contributed by atoms with Crippen LogP contribution in [0.2, 0.25) is 0 Å². The molecule has 1 saturated heterocycles. The van der Waals surface area contributed by atoms with Gasteiger partial charge in [-0.1, -0.05) is 6.92 Å². The number of hydrogen-bond acceptors (Lipinski definition) is 5. The van der Waals surface area contributed by atoms with Gasteiger partial charge in [0.2, 0.25) is 0 Å². The maximum absolute atomic E-state index is 11.9. The van der Waals surface area contributed by atoms with Crippen LogP contribution in [0, 0.1) is 0 Å². The number of piperazine rings is 1. The number of carbonyl (C=O) groups excluding carboxylic acids is 1. The van der Waals surface area contributed by atoms with Crippen LogP contribution in [0.1, 0.15) is 30.8 Å². The Labute approximate surface area is 120 Å². The van der Waals surface area contributed by atoms with E-state index in [9.17, 15) is 4.79 Å². The molecule has 2 rings (SSSR count). The summed E-state index contributed by atoms with van der Waals surface area (Å²) in [4.78, 5) is 25.0. The van der Waals surface area contributed by atoms with E-state index in [0.29, 0.717) is 5.69 Å². The first-order chi connectivity index (χ1) is 9.60. The molecule has 0 aromatic carbocycles. The van der Waals surface area contributed by atoms with Crippen molar-refractivity contribution in [1.29, 1.82) is 0 Å². The van der Waals surface area contributed by atoms with Gasteiger partial charge in [-0.05, 0) is 20.4 Å². The second-order valence-electron chi connectivity index (χ2n) is 5.33. The van der Waals surface area contributed by atoms with Crippen molar-refractivity contribution in [2.24, 2.45) is 0 Å². The Kier molecular flexibility index (Phi) is 4.89. The fraction of sp³-hybridized carbons (Fsp3) is 0.643. The van der Waals surface area contributed by atoms with Gasteiger partial charge in [0.05, 0.1) is 12.4 Å². The van der Waals surface area contributed by atoms with Crippen LogP contribution in [0.3, 0.4) is 0 Å². The largest absolute Gasteiger partial charge is 0.353 e. The molecule has 6 heteroatoms. The maximum atomic E-state index is 11.9. The minimum atomic E-state index is -0.156. The Bertz CT molecular complexity index is 439. The number of rotatable bonds is 4. The SMILES string of the molecule is CCC(C)NC(=O)c1cnc(N2CCN(C)CC2)cn1. The van der Waals surface area contributed by atoms with Crippen molar-refractivity contribution >= 4 is 11.7 Å². The lowest BCUT2D eigenvalue weighted by atomic mass is 10.2. The summed E-state index contributed by atoms with van der Waals surface area (Å²) in [5.41, 5.74) is 0.378. The van der Waals surface area contributed by atoms with E-state index in [1.54, 1.807) is 12.4 Å². The van der Waals surface area contributed by atoms with Crippen LogP contribution in [0.25, 0.3) is 0 Å². The first-order valence-corrected chi connectivity index (χ1v) is 7.16. The van der Waals surface area contributed by atoms with Crippen molar-refractivity contribution in [3.63, 3.8) is 0 Å². The summed E-state index contributed by atoms with van der Waals surface area (Å²) >= 11 is 0. The number of hydrogen-bond donors (Lipinski definition) is 1. The highest BCUT2D eigenvalue weighted by Gasteiger charge is 2.16. The van der Waals surface area contributed by atoms with Gasteiger partial charge >= 0.3 is 0 Å². The first-order valence-electron chi connectivity index (χ1n) is 7.16. The third-order valence-corrected chi connectivity index (χ3v) is 3.69. The molecule has 1 aliphatic rings. The van der Waals surface area contributed by atoms with Crippen LogP contribution in [-0.4, -0.2) is 60.0 Å². The Hall–Kier alpha value is -1.69. The van der Waals surface area contributed by atoms with Gasteiger partial charge in [0.15, 0.2) is 0 Å². The van der Waals surface area contributed by atoms with Gasteiger partial charge in [-0.2, -0.15) is 0 Å². The number of nitrogens with one attached hydrogen (secondary N) is 1. The van der Waals surface area contributed by atoms with E-state index in [1.807, 2.05) is 13.8 Å². The van der Waals surface area contributed by atoms with Crippen molar-refractivity contribution in [1.82, 2.24) is 20.2 Å². The maximum Gasteiger partial charge on any atom is 0.271 e. The highest BCUT2D eigenvalue weighted by molar-refractivity contribution is 5.92. The smallest absolute Gasteiger partial charge is 0.271 e. The van der Waals surface area contributed by atoms with Gasteiger partial charge in [0, 0.05) is 32.2 Å². The normalized spacial score (nSPS) is 17.9. The van der Waals surface area contributed by atoms with E-state index in [4.69, 9.17) is 0 Å². The topological polar surface area (TPSA) is 61.4 Å². The number of aromatic nitrogens is 2. The molecule has 1 unspecified atom stereocenters. The van der Waals surface area contributed by atoms with Crippen LogP contribution in [-0.2, 0) is 0 Å². The molecule has 0 spiro atoms. The summed E-state index contributed by atoms with van der Waals surface area (Å²) in [7, 11) is 2.12. The Morgan fingerprint density at radius 3 is 2.55 bits per heavy atom. The van der Waals surface area contributed by atoms with Crippen molar-refractivity contribution < 1.29 is 4.79 Å². The van der Waals surface area contributed by atoms with E-state index in [0.717, 1.165) is 38.4 Å². The van der Waals surface area contributed by atoms with Gasteiger partial charge in [0.1, 0.15) is 11.5 Å². The molecule has 1 N–H and O–H groups in total. The van der Waals surface area contributed by atoms with Gasteiger partial charge in [0.25, 0.3) is 5.91 Å². The van der Waals surface area contributed by atoms with Crippen molar-refractivity contribution in [3.05, 3.63) is 18.1 Å². The number of anilines is 1. The molecule has 0 radical (unpaired) electrons. The molecule has 1 aromatic rings. The van der Waals surface area contributed by atoms with Crippen molar-refractivity contribution in [3.8, 4) is 0 Å². The van der Waals surface area contributed by atoms with E-state index >= 15 is 0 Å². The summed E-state index contributed by atoms with van der Waals surface area (Å²) in [5.74, 6) is 0.690. The predicted molar refractivity (Wildman–Crippen MR) is 79.0 cm³/mol. The van der Waals surface area contributed by atoms with Gasteiger partial charge < -0.3 is 15.1 Å². The number of amides is 1. The average Bonchev–Trinajstić information content (AvgIpc) is 2.48. The highest BCUT2D eigenvalue weighted by Crippen LogP contribution is 2.11. The van der Waals surface area contributed by atoms with Crippen LogP contribution >= 0.6 is 0 Å². The fourth-order valence-corrected chi connectivity index (χ4v) is 2.04. The lowest BCUT2D eigenvalue weighted by Crippen LogP contribution is -2.44. The van der Waals surface area contributed by atoms with Gasteiger partial charge in [-0.3, -0.25) is 4.79 Å². The summed E-state index contributed by atoms with van der Waals surface area (Å²) in [6.45, 7) is 7.96. The van der Waals surface area contributed by atoms with Gasteiger partial charge in [-0.15, -0.1) is 0 Å². The third-order valence-electron chi connectivity index (χ3n) is 3.69. The summed E-state index contributed by atoms with van der Waals surface area (Å²) in [6.07, 6.45) is 4.15. The number of nitrogens with zero attached hydrogens (tertiary/aromatic N) is 4. The summed E-state index contributed by atoms with van der Waals surface area (Å²) < 4.78 is 0. The standard InChI is InChI=1S/C14H23N5O/c1-4-11(2)17-14(20)12-9-16-13(10-15-12)19-7-5-18(3)6-8-19/h9-11H,4-8H2,1-3H3,(H,17,20). The minimum absolute atomic E-state index is 0.154. The fourth-order valence-electron chi connectivity index (χ4n) is 2.04. The van der Waals surface area contributed by atoms with Crippen molar-refractivity contribution in [2.75, 3.05) is 38.1 Å². The molecule has 2 heterocycles. The highest BCUT2D eigenvalue weighted by atomic mass is 16.1. The molecular formula is C14H23N5O. The Morgan fingerprint density at radius 1 is 1.30 bits per heavy atom. The average molecular weight is 277 g/mol. The van der Waals surface area contributed by atoms with Gasteiger partial charge in [-0.25, -0.2) is 9.97 Å². The second kappa shape index (κ2) is 6.65. The zero-order valence-electron chi connectivity index (χ0n) is 12.5. The zero-order chi connectivity index (χ0) is 14.5. The van der Waals surface area contributed by atoms with E-state index in [-0.39, 0.29) is 11.9 Å². The van der Waals surface area contributed by atoms with E-state index in [1.165, 1.54) is 0 Å². The molecule has 1 aromatic heterocycles. The van der Waals surface area contributed by atoms with E-state index in [2.05, 4.69) is 32.1 Å². The lowest BCUT2D eigenvalue weighted by molar-refractivity contribution is 0.0934. The molecule has 1 atom stereocenters. The summed E-state index contributed by atoms with van der Waals surface area (Å²) in [6, 6.07) is 0.154. The lowest BCUT2D eigenvalue weighted by Gasteiger charge is -2.32. The van der Waals surface area contributed by atoms with Crippen LogP contribution in [0.4, 0.5) is 5.82 Å². The van der Waals surface area contributed by atoms with Crippen LogP contribution < -0.4 is 10.2 Å². The predicted octanol–water partition coefficient (Wildman–Crippen LogP) is 0.757. The molecular weight excluding hydrogens is 254 g/mol. The Balaban J connectivity index is 1.97. The molecule has 20 heavy (non-hydrogen) atoms. The van der Waals surface area contributed by atoms with Crippen LogP contribution in [0.15, 0.2) is 12.4 Å². The molecule has 0 bridgehead atoms. The quantitative estimate of drug-likeness (QED) is 0.880. The minimum Gasteiger partial charge on any atom is -0.353 e. The third kappa shape index (κ3) is 3.66. The zero-order valence-corrected chi connectivity index (χ0v) is 12.5. The second-order valence-corrected chi connectivity index (χ2v) is 5.33. The Morgan fingerprint density at radius 2 is 2.00 bits per heavy atom. The molecule has 0 saturated carbocycles. The van der Waals surface area contributed by atoms with Crippen LogP contribution in [0.5, 0.6) is 0 Å². The van der Waals surface area contributed by atoms with Crippen molar-refractivity contribution in [2.45, 2.75) is 26.3 Å². The molecule has 1 amide bonds. The number of carbonyl (C=O) groups is 1. The molecule has 110 valence electrons. The molecule has 6 nitrogen and oxygen atoms in total.